The number of nitro groups is 1. The Morgan fingerprint density at radius 3 is 2.75 bits per heavy atom. The number of rotatable bonds is 7. The number of ether oxygens (including phenoxy) is 2. The van der Waals surface area contributed by atoms with Crippen molar-refractivity contribution in [1.29, 1.82) is 0 Å². The number of fused-ring (bicyclic) bond motifs is 1. The van der Waals surface area contributed by atoms with Crippen molar-refractivity contribution in [2.45, 2.75) is 19.9 Å². The smallest absolute Gasteiger partial charge is 0.338 e. The normalized spacial score (nSPS) is 15.0. The minimum Gasteiger partial charge on any atom is -0.497 e. The molecule has 0 N–H and O–H groups in total. The van der Waals surface area contributed by atoms with E-state index in [1.807, 2.05) is 6.07 Å². The van der Waals surface area contributed by atoms with E-state index in [0.29, 0.717) is 47.9 Å². The summed E-state index contributed by atoms with van der Waals surface area (Å²) in [5, 5.41) is 11.1. The Hall–Kier alpha value is -4.29. The molecule has 1 aliphatic heterocycles. The van der Waals surface area contributed by atoms with Crippen LogP contribution < -0.4 is 19.6 Å². The van der Waals surface area contributed by atoms with E-state index in [9.17, 15) is 19.7 Å². The van der Waals surface area contributed by atoms with Crippen LogP contribution in [0.15, 0.2) is 84.5 Å². The SMILES string of the molecule is CCOC(=O)C1=C(C)N=c2s/c(=C\c3ccc(-c4ccc([N+](=O)[O-])cc4Br)o3)c(=O)n2C1c1cccc(OC)c1. The van der Waals surface area contributed by atoms with Gasteiger partial charge >= 0.3 is 5.97 Å². The number of hydrogen-bond acceptors (Lipinski definition) is 9. The van der Waals surface area contributed by atoms with Gasteiger partial charge in [-0.25, -0.2) is 9.79 Å². The number of carbonyl (C=O) groups is 1. The predicted molar refractivity (Wildman–Crippen MR) is 152 cm³/mol. The molecule has 0 saturated carbocycles. The van der Waals surface area contributed by atoms with Gasteiger partial charge in [0.1, 0.15) is 17.3 Å². The van der Waals surface area contributed by atoms with Gasteiger partial charge in [-0.2, -0.15) is 0 Å². The fourth-order valence-corrected chi connectivity index (χ4v) is 6.03. The number of allylic oxidation sites excluding steroid dienone is 1. The number of methoxy groups -OCH3 is 1. The molecule has 5 rings (SSSR count). The summed E-state index contributed by atoms with van der Waals surface area (Å²) < 4.78 is 19.0. The molecule has 2 aromatic carbocycles. The molecular formula is C28H22BrN3O7S. The molecule has 1 atom stereocenters. The molecule has 40 heavy (non-hydrogen) atoms. The highest BCUT2D eigenvalue weighted by Crippen LogP contribution is 2.34. The van der Waals surface area contributed by atoms with Crippen LogP contribution in [0.1, 0.15) is 31.2 Å². The fraction of sp³-hybridized carbons (Fsp3) is 0.179. The maximum Gasteiger partial charge on any atom is 0.338 e. The van der Waals surface area contributed by atoms with Gasteiger partial charge in [0.05, 0.1) is 40.5 Å². The summed E-state index contributed by atoms with van der Waals surface area (Å²) in [6.45, 7) is 3.62. The average molecular weight is 624 g/mol. The number of nitro benzene ring substituents is 1. The number of thiazole rings is 1. The van der Waals surface area contributed by atoms with Crippen molar-refractivity contribution in [2.75, 3.05) is 13.7 Å². The summed E-state index contributed by atoms with van der Waals surface area (Å²) in [4.78, 5) is 42.4. The fourth-order valence-electron chi connectivity index (χ4n) is 4.44. The van der Waals surface area contributed by atoms with Crippen molar-refractivity contribution in [2.24, 2.45) is 4.99 Å². The first-order chi connectivity index (χ1) is 19.2. The van der Waals surface area contributed by atoms with Gasteiger partial charge in [0, 0.05) is 28.2 Å². The van der Waals surface area contributed by atoms with Crippen LogP contribution in [-0.4, -0.2) is 29.2 Å². The lowest BCUT2D eigenvalue weighted by Gasteiger charge is -2.24. The monoisotopic (exact) mass is 623 g/mol. The molecule has 0 saturated heterocycles. The van der Waals surface area contributed by atoms with Crippen LogP contribution in [0.4, 0.5) is 5.69 Å². The van der Waals surface area contributed by atoms with Gasteiger partial charge in [0.15, 0.2) is 4.80 Å². The van der Waals surface area contributed by atoms with Gasteiger partial charge in [-0.3, -0.25) is 19.5 Å². The molecular weight excluding hydrogens is 602 g/mol. The van der Waals surface area contributed by atoms with Crippen LogP contribution in [0.5, 0.6) is 5.75 Å². The van der Waals surface area contributed by atoms with Crippen molar-refractivity contribution in [3.63, 3.8) is 0 Å². The predicted octanol–water partition coefficient (Wildman–Crippen LogP) is 4.74. The van der Waals surface area contributed by atoms with E-state index >= 15 is 0 Å². The van der Waals surface area contributed by atoms with E-state index in [1.54, 1.807) is 63.4 Å². The van der Waals surface area contributed by atoms with Crippen LogP contribution in [0.2, 0.25) is 0 Å². The highest BCUT2D eigenvalue weighted by atomic mass is 79.9. The maximum atomic E-state index is 13.8. The summed E-state index contributed by atoms with van der Waals surface area (Å²) >= 11 is 4.54. The van der Waals surface area contributed by atoms with Crippen LogP contribution in [-0.2, 0) is 9.53 Å². The van der Waals surface area contributed by atoms with Gasteiger partial charge in [0.2, 0.25) is 0 Å². The molecule has 0 amide bonds. The van der Waals surface area contributed by atoms with Crippen molar-refractivity contribution in [1.82, 2.24) is 4.57 Å². The zero-order chi connectivity index (χ0) is 28.6. The first-order valence-corrected chi connectivity index (χ1v) is 13.7. The molecule has 1 aliphatic rings. The number of nitrogens with zero attached hydrogens (tertiary/aromatic N) is 3. The molecule has 10 nitrogen and oxygen atoms in total. The Balaban J connectivity index is 1.62. The van der Waals surface area contributed by atoms with E-state index in [2.05, 4.69) is 20.9 Å². The minimum atomic E-state index is -0.768. The molecule has 0 bridgehead atoms. The summed E-state index contributed by atoms with van der Waals surface area (Å²) in [6.07, 6.45) is 1.61. The lowest BCUT2D eigenvalue weighted by Crippen LogP contribution is -2.39. The number of esters is 1. The average Bonchev–Trinajstić information content (AvgIpc) is 3.52. The number of non-ortho nitro benzene ring substituents is 1. The third kappa shape index (κ3) is 5.03. The molecule has 0 spiro atoms. The Labute approximate surface area is 239 Å². The Kier molecular flexibility index (Phi) is 7.55. The van der Waals surface area contributed by atoms with Gasteiger partial charge in [0.25, 0.3) is 11.2 Å². The number of carbonyl (C=O) groups excluding carboxylic acids is 1. The van der Waals surface area contributed by atoms with E-state index in [4.69, 9.17) is 13.9 Å². The molecule has 12 heteroatoms. The lowest BCUT2D eigenvalue weighted by molar-refractivity contribution is -0.384. The van der Waals surface area contributed by atoms with Gasteiger partial charge in [-0.1, -0.05) is 23.5 Å². The Bertz CT molecular complexity index is 1870. The zero-order valence-corrected chi connectivity index (χ0v) is 23.9. The molecule has 0 radical (unpaired) electrons. The van der Waals surface area contributed by atoms with Gasteiger partial charge in [-0.05, 0) is 65.7 Å². The molecule has 0 fully saturated rings. The highest BCUT2D eigenvalue weighted by Gasteiger charge is 2.33. The summed E-state index contributed by atoms with van der Waals surface area (Å²) in [6, 6.07) is 14.2. The first kappa shape index (κ1) is 27.3. The van der Waals surface area contributed by atoms with Gasteiger partial charge in [-0.15, -0.1) is 0 Å². The number of hydrogen-bond donors (Lipinski definition) is 0. The summed E-state index contributed by atoms with van der Waals surface area (Å²) in [7, 11) is 1.55. The second kappa shape index (κ2) is 11.1. The standard InChI is InChI=1S/C28H22BrN3O7S/c1-4-38-27(34)24-15(2)30-28-31(25(24)16-6-5-7-18(12-16)37-3)26(33)23(40-28)14-19-9-11-22(39-19)20-10-8-17(32(35)36)13-21(20)29/h5-14,25H,4H2,1-3H3/b23-14-. The topological polar surface area (TPSA) is 126 Å². The molecule has 2 aromatic heterocycles. The third-order valence-electron chi connectivity index (χ3n) is 6.26. The maximum absolute atomic E-state index is 13.8. The second-order valence-corrected chi connectivity index (χ2v) is 10.6. The van der Waals surface area contributed by atoms with Crippen LogP contribution in [0.3, 0.4) is 0 Å². The second-order valence-electron chi connectivity index (χ2n) is 8.70. The minimum absolute atomic E-state index is 0.0495. The van der Waals surface area contributed by atoms with Crippen molar-refractivity contribution < 1.29 is 23.6 Å². The quantitative estimate of drug-likeness (QED) is 0.165. The van der Waals surface area contributed by atoms with Gasteiger partial charge < -0.3 is 13.9 Å². The Morgan fingerprint density at radius 2 is 2.05 bits per heavy atom. The van der Waals surface area contributed by atoms with Crippen LogP contribution in [0, 0.1) is 10.1 Å². The molecule has 3 heterocycles. The molecule has 204 valence electrons. The van der Waals surface area contributed by atoms with Crippen LogP contribution in [0.25, 0.3) is 17.4 Å². The first-order valence-electron chi connectivity index (χ1n) is 12.1. The molecule has 1 unspecified atom stereocenters. The van der Waals surface area contributed by atoms with Crippen molar-refractivity contribution in [3.05, 3.63) is 111 Å². The largest absolute Gasteiger partial charge is 0.497 e. The zero-order valence-electron chi connectivity index (χ0n) is 21.5. The number of furan rings is 1. The molecule has 4 aromatic rings. The van der Waals surface area contributed by atoms with E-state index in [1.165, 1.54) is 28.0 Å². The number of halogens is 1. The van der Waals surface area contributed by atoms with Crippen molar-refractivity contribution >= 4 is 45.0 Å². The van der Waals surface area contributed by atoms with Crippen LogP contribution >= 0.6 is 27.3 Å². The highest BCUT2D eigenvalue weighted by molar-refractivity contribution is 9.10. The summed E-state index contributed by atoms with van der Waals surface area (Å²) in [5.41, 5.74) is 1.64. The van der Waals surface area contributed by atoms with E-state index < -0.39 is 16.9 Å². The van der Waals surface area contributed by atoms with E-state index in [-0.39, 0.29) is 23.4 Å². The summed E-state index contributed by atoms with van der Waals surface area (Å²) in [5.74, 6) is 0.911. The Morgan fingerprint density at radius 1 is 1.25 bits per heavy atom. The van der Waals surface area contributed by atoms with E-state index in [0.717, 1.165) is 0 Å². The molecule has 0 aliphatic carbocycles. The lowest BCUT2D eigenvalue weighted by atomic mass is 9.95. The number of aromatic nitrogens is 1. The van der Waals surface area contributed by atoms with Crippen molar-refractivity contribution in [3.8, 4) is 17.1 Å². The number of benzene rings is 2. The third-order valence-corrected chi connectivity index (χ3v) is 7.89.